The fraction of sp³-hybridized carbons (Fsp3) is 0.0526. The second-order valence-electron chi connectivity index (χ2n) is 5.01. The first-order chi connectivity index (χ1) is 9.43. The van der Waals surface area contributed by atoms with Gasteiger partial charge in [0.25, 0.3) is 0 Å². The zero-order valence-corrected chi connectivity index (χ0v) is 13.6. The minimum atomic E-state index is 0. The summed E-state index contributed by atoms with van der Waals surface area (Å²) in [5.74, 6) is 0. The van der Waals surface area contributed by atoms with Gasteiger partial charge < -0.3 is 0 Å². The summed E-state index contributed by atoms with van der Waals surface area (Å²) in [6.45, 7) is 0. The van der Waals surface area contributed by atoms with Crippen molar-refractivity contribution in [2.75, 3.05) is 0 Å². The van der Waals surface area contributed by atoms with Crippen molar-refractivity contribution < 1.29 is 26.2 Å². The van der Waals surface area contributed by atoms with E-state index in [0.29, 0.717) is 0 Å². The Bertz CT molecular complexity index is 794. The van der Waals surface area contributed by atoms with Crippen LogP contribution in [0.2, 0.25) is 0 Å². The molecule has 0 bridgehead atoms. The van der Waals surface area contributed by atoms with E-state index in [9.17, 15) is 0 Å². The molecule has 1 aliphatic rings. The van der Waals surface area contributed by atoms with Crippen molar-refractivity contribution in [2.24, 2.45) is 0 Å². The van der Waals surface area contributed by atoms with E-state index in [0.717, 1.165) is 6.42 Å². The maximum absolute atomic E-state index is 2.26. The van der Waals surface area contributed by atoms with Crippen LogP contribution in [0.1, 0.15) is 11.1 Å². The molecular weight excluding hydrogens is 319 g/mol. The molecule has 0 atom stereocenters. The molecule has 0 saturated heterocycles. The molecule has 0 spiro atoms. The SMILES string of the molecule is C1=Cc2c(cccc2-c2cccc3ccccc23)C1.[Zr]. The molecule has 20 heavy (non-hydrogen) atoms. The summed E-state index contributed by atoms with van der Waals surface area (Å²) in [5.41, 5.74) is 5.51. The summed E-state index contributed by atoms with van der Waals surface area (Å²) in [4.78, 5) is 0. The van der Waals surface area contributed by atoms with E-state index in [4.69, 9.17) is 0 Å². The summed E-state index contributed by atoms with van der Waals surface area (Å²) in [5, 5.41) is 2.64. The maximum atomic E-state index is 2.26. The largest absolute Gasteiger partial charge is 0.0795 e. The van der Waals surface area contributed by atoms with Crippen LogP contribution >= 0.6 is 0 Å². The van der Waals surface area contributed by atoms with Gasteiger partial charge in [0.1, 0.15) is 0 Å². The minimum absolute atomic E-state index is 0. The van der Waals surface area contributed by atoms with Crippen molar-refractivity contribution in [1.82, 2.24) is 0 Å². The number of hydrogen-bond acceptors (Lipinski definition) is 0. The monoisotopic (exact) mass is 332 g/mol. The summed E-state index contributed by atoms with van der Waals surface area (Å²) in [6, 6.07) is 21.8. The molecule has 94 valence electrons. The van der Waals surface area contributed by atoms with Crippen LogP contribution in [-0.4, -0.2) is 0 Å². The van der Waals surface area contributed by atoms with Gasteiger partial charge in [-0.1, -0.05) is 72.8 Å². The Labute approximate surface area is 138 Å². The van der Waals surface area contributed by atoms with Crippen molar-refractivity contribution in [2.45, 2.75) is 6.42 Å². The molecule has 0 unspecified atom stereocenters. The molecule has 0 saturated carbocycles. The van der Waals surface area contributed by atoms with Crippen LogP contribution in [0.3, 0.4) is 0 Å². The second kappa shape index (κ2) is 5.50. The predicted octanol–water partition coefficient (Wildman–Crippen LogP) is 5.07. The van der Waals surface area contributed by atoms with Crippen molar-refractivity contribution in [3.8, 4) is 11.1 Å². The van der Waals surface area contributed by atoms with Crippen LogP contribution in [0.25, 0.3) is 28.0 Å². The van der Waals surface area contributed by atoms with E-state index in [2.05, 4.69) is 72.8 Å². The van der Waals surface area contributed by atoms with Gasteiger partial charge in [-0.3, -0.25) is 0 Å². The minimum Gasteiger partial charge on any atom is -0.0795 e. The smallest absolute Gasteiger partial charge is 0 e. The Hall–Kier alpha value is -1.46. The maximum Gasteiger partial charge on any atom is 0 e. The Morgan fingerprint density at radius 1 is 0.700 bits per heavy atom. The average Bonchev–Trinajstić information content (AvgIpc) is 2.95. The van der Waals surface area contributed by atoms with Gasteiger partial charge in [0.15, 0.2) is 0 Å². The molecule has 0 amide bonds. The molecule has 3 aromatic rings. The van der Waals surface area contributed by atoms with Gasteiger partial charge in [-0.25, -0.2) is 0 Å². The Morgan fingerprint density at radius 2 is 1.45 bits per heavy atom. The number of benzene rings is 3. The zero-order chi connectivity index (χ0) is 12.7. The third kappa shape index (κ3) is 2.11. The molecule has 0 aromatic heterocycles. The van der Waals surface area contributed by atoms with Crippen LogP contribution in [0, 0.1) is 0 Å². The van der Waals surface area contributed by atoms with Gasteiger partial charge in [-0.05, 0) is 39.4 Å². The van der Waals surface area contributed by atoms with Crippen LogP contribution in [0.4, 0.5) is 0 Å². The van der Waals surface area contributed by atoms with E-state index in [1.54, 1.807) is 0 Å². The van der Waals surface area contributed by atoms with E-state index in [-0.39, 0.29) is 26.2 Å². The predicted molar refractivity (Wildman–Crippen MR) is 82.1 cm³/mol. The molecule has 3 aromatic carbocycles. The van der Waals surface area contributed by atoms with Crippen molar-refractivity contribution in [1.29, 1.82) is 0 Å². The van der Waals surface area contributed by atoms with Crippen molar-refractivity contribution >= 4 is 16.8 Å². The first-order valence-electron chi connectivity index (χ1n) is 6.70. The fourth-order valence-corrected chi connectivity index (χ4v) is 2.99. The summed E-state index contributed by atoms with van der Waals surface area (Å²) in [6.07, 6.45) is 5.57. The molecule has 0 aliphatic heterocycles. The van der Waals surface area contributed by atoms with Crippen LogP contribution in [-0.2, 0) is 32.6 Å². The third-order valence-electron chi connectivity index (χ3n) is 3.90. The van der Waals surface area contributed by atoms with Crippen molar-refractivity contribution in [3.05, 3.63) is 77.9 Å². The van der Waals surface area contributed by atoms with E-state index >= 15 is 0 Å². The fourth-order valence-electron chi connectivity index (χ4n) is 2.99. The van der Waals surface area contributed by atoms with Crippen LogP contribution in [0.5, 0.6) is 0 Å². The molecule has 0 radical (unpaired) electrons. The van der Waals surface area contributed by atoms with Gasteiger partial charge in [-0.2, -0.15) is 0 Å². The quantitative estimate of drug-likeness (QED) is 0.583. The number of allylic oxidation sites excluding steroid dienone is 1. The number of fused-ring (bicyclic) bond motifs is 2. The van der Waals surface area contributed by atoms with Crippen LogP contribution < -0.4 is 0 Å². The van der Waals surface area contributed by atoms with Gasteiger partial charge in [0.05, 0.1) is 0 Å². The molecule has 0 N–H and O–H groups in total. The average molecular weight is 334 g/mol. The normalized spacial score (nSPS) is 12.2. The third-order valence-corrected chi connectivity index (χ3v) is 3.90. The van der Waals surface area contributed by atoms with Gasteiger partial charge >= 0.3 is 0 Å². The molecule has 1 heteroatoms. The first kappa shape index (κ1) is 13.5. The van der Waals surface area contributed by atoms with E-state index in [1.807, 2.05) is 0 Å². The number of rotatable bonds is 1. The Kier molecular flexibility index (Phi) is 3.72. The van der Waals surface area contributed by atoms with E-state index in [1.165, 1.54) is 33.0 Å². The topological polar surface area (TPSA) is 0 Å². The summed E-state index contributed by atoms with van der Waals surface area (Å²) < 4.78 is 0. The number of hydrogen-bond donors (Lipinski definition) is 0. The van der Waals surface area contributed by atoms with E-state index < -0.39 is 0 Å². The van der Waals surface area contributed by atoms with Gasteiger partial charge in [-0.15, -0.1) is 0 Å². The zero-order valence-electron chi connectivity index (χ0n) is 11.1. The van der Waals surface area contributed by atoms with Crippen molar-refractivity contribution in [3.63, 3.8) is 0 Å². The van der Waals surface area contributed by atoms with Gasteiger partial charge in [0.2, 0.25) is 0 Å². The first-order valence-corrected chi connectivity index (χ1v) is 6.70. The molecule has 0 nitrogen and oxygen atoms in total. The van der Waals surface area contributed by atoms with Gasteiger partial charge in [0, 0.05) is 26.2 Å². The summed E-state index contributed by atoms with van der Waals surface area (Å²) in [7, 11) is 0. The molecular formula is C19H14Zr. The Morgan fingerprint density at radius 3 is 2.40 bits per heavy atom. The molecule has 4 rings (SSSR count). The molecule has 0 heterocycles. The molecule has 1 aliphatic carbocycles. The Balaban J connectivity index is 0.00000121. The molecule has 0 fully saturated rings. The second-order valence-corrected chi connectivity index (χ2v) is 5.01. The standard InChI is InChI=1S/C19H14.Zr/c1-2-10-16-14(6-1)8-4-12-18(16)19-13-5-9-15-7-3-11-17(15)19;/h1-6,8-13H,7H2;. The summed E-state index contributed by atoms with van der Waals surface area (Å²) >= 11 is 0. The van der Waals surface area contributed by atoms with Crippen LogP contribution in [0.15, 0.2) is 66.7 Å².